The van der Waals surface area contributed by atoms with Crippen LogP contribution < -0.4 is 5.32 Å². The quantitative estimate of drug-likeness (QED) is 0.767. The zero-order valence-electron chi connectivity index (χ0n) is 16.7. The zero-order valence-corrected chi connectivity index (χ0v) is 16.7. The summed E-state index contributed by atoms with van der Waals surface area (Å²) >= 11 is 0. The number of aliphatic hydroxyl groups excluding tert-OH is 1. The lowest BCUT2D eigenvalue weighted by molar-refractivity contribution is -0.138. The Morgan fingerprint density at radius 2 is 1.85 bits per heavy atom. The van der Waals surface area contributed by atoms with Gasteiger partial charge in [-0.15, -0.1) is 0 Å². The van der Waals surface area contributed by atoms with E-state index in [1.807, 2.05) is 58.0 Å². The van der Waals surface area contributed by atoms with Crippen molar-refractivity contribution in [3.05, 3.63) is 35.9 Å². The number of benzene rings is 1. The monoisotopic (exact) mass is 376 g/mol. The molecule has 0 saturated carbocycles. The Morgan fingerprint density at radius 3 is 2.44 bits per heavy atom. The Bertz CT molecular complexity index is 618. The third-order valence-electron chi connectivity index (χ3n) is 5.08. The molecule has 0 spiro atoms. The summed E-state index contributed by atoms with van der Waals surface area (Å²) in [7, 11) is 0. The predicted molar refractivity (Wildman–Crippen MR) is 104 cm³/mol. The number of hydrogen-bond donors (Lipinski definition) is 2. The molecule has 27 heavy (non-hydrogen) atoms. The van der Waals surface area contributed by atoms with E-state index in [-0.39, 0.29) is 30.4 Å². The second-order valence-corrected chi connectivity index (χ2v) is 7.90. The van der Waals surface area contributed by atoms with E-state index in [2.05, 4.69) is 5.32 Å². The average Bonchev–Trinajstić information content (AvgIpc) is 3.13. The molecule has 6 heteroatoms. The molecule has 0 radical (unpaired) electrons. The second-order valence-electron chi connectivity index (χ2n) is 7.90. The van der Waals surface area contributed by atoms with Crippen molar-refractivity contribution in [1.29, 1.82) is 0 Å². The molecule has 2 rings (SSSR count). The van der Waals surface area contributed by atoms with Gasteiger partial charge in [-0.2, -0.15) is 0 Å². The predicted octanol–water partition coefficient (Wildman–Crippen LogP) is 2.95. The van der Waals surface area contributed by atoms with Crippen LogP contribution in [0.1, 0.15) is 46.1 Å². The van der Waals surface area contributed by atoms with E-state index in [1.54, 1.807) is 4.90 Å². The van der Waals surface area contributed by atoms with Gasteiger partial charge in [-0.25, -0.2) is 4.79 Å². The number of likely N-dealkylation sites (tertiary alicyclic amines) is 1. The average molecular weight is 376 g/mol. The van der Waals surface area contributed by atoms with Gasteiger partial charge in [0.05, 0.1) is 12.1 Å². The molecule has 0 aliphatic carbocycles. The van der Waals surface area contributed by atoms with Crippen LogP contribution in [-0.2, 0) is 16.1 Å². The molecule has 1 aromatic carbocycles. The number of hydrogen-bond acceptors (Lipinski definition) is 4. The van der Waals surface area contributed by atoms with Gasteiger partial charge >= 0.3 is 6.09 Å². The van der Waals surface area contributed by atoms with Gasteiger partial charge in [0.15, 0.2) is 0 Å². The summed E-state index contributed by atoms with van der Waals surface area (Å²) in [6.45, 7) is 8.45. The van der Waals surface area contributed by atoms with Crippen molar-refractivity contribution in [2.24, 2.45) is 11.8 Å². The van der Waals surface area contributed by atoms with Crippen LogP contribution in [0, 0.1) is 11.8 Å². The molecule has 1 saturated heterocycles. The maximum absolute atomic E-state index is 13.1. The molecule has 1 aliphatic rings. The highest BCUT2D eigenvalue weighted by molar-refractivity contribution is 5.86. The van der Waals surface area contributed by atoms with Crippen LogP contribution in [0.3, 0.4) is 0 Å². The molecule has 2 amide bonds. The van der Waals surface area contributed by atoms with E-state index in [0.717, 1.165) is 18.4 Å². The number of nitrogens with zero attached hydrogens (tertiary/aromatic N) is 1. The Labute approximate surface area is 161 Å². The number of nitrogens with one attached hydrogen (secondary N) is 1. The molecule has 6 nitrogen and oxygen atoms in total. The van der Waals surface area contributed by atoms with E-state index in [9.17, 15) is 14.7 Å². The van der Waals surface area contributed by atoms with Gasteiger partial charge < -0.3 is 20.1 Å². The van der Waals surface area contributed by atoms with Gasteiger partial charge in [0, 0.05) is 6.54 Å². The van der Waals surface area contributed by atoms with Gasteiger partial charge in [-0.05, 0) is 30.2 Å². The molecular formula is C21H32N2O4. The number of ether oxygens (including phenoxy) is 1. The minimum Gasteiger partial charge on any atom is -0.445 e. The first-order valence-corrected chi connectivity index (χ1v) is 9.77. The minimum absolute atomic E-state index is 0.0738. The lowest BCUT2D eigenvalue weighted by Gasteiger charge is -2.34. The fourth-order valence-electron chi connectivity index (χ4n) is 3.45. The second kappa shape index (κ2) is 9.74. The largest absolute Gasteiger partial charge is 0.445 e. The molecule has 2 N–H and O–H groups in total. The lowest BCUT2D eigenvalue weighted by Crippen LogP contribution is -2.55. The van der Waals surface area contributed by atoms with Crippen LogP contribution in [0.4, 0.5) is 4.79 Å². The molecule has 0 bridgehead atoms. The molecule has 0 aromatic heterocycles. The Hall–Kier alpha value is -2.08. The van der Waals surface area contributed by atoms with Gasteiger partial charge in [0.2, 0.25) is 5.91 Å². The van der Waals surface area contributed by atoms with Gasteiger partial charge in [0.1, 0.15) is 12.6 Å². The molecular weight excluding hydrogens is 344 g/mol. The normalized spacial score (nSPS) is 19.2. The summed E-state index contributed by atoms with van der Waals surface area (Å²) in [6.07, 6.45) is 0.484. The number of alkyl carbamates (subject to hydrolysis) is 1. The van der Waals surface area contributed by atoms with E-state index in [0.29, 0.717) is 6.54 Å². The smallest absolute Gasteiger partial charge is 0.408 e. The summed E-state index contributed by atoms with van der Waals surface area (Å²) in [6, 6.07) is 8.54. The zero-order chi connectivity index (χ0) is 20.0. The molecule has 1 unspecified atom stereocenters. The van der Waals surface area contributed by atoms with Gasteiger partial charge in [-0.1, -0.05) is 58.0 Å². The van der Waals surface area contributed by atoms with Crippen molar-refractivity contribution in [2.75, 3.05) is 6.54 Å². The SMILES string of the molecule is CC(C)[C@H](O)C1CCCN1C(=O)[C@@H](NC(=O)OCc1ccccc1)C(C)C. The summed E-state index contributed by atoms with van der Waals surface area (Å²) < 4.78 is 5.26. The van der Waals surface area contributed by atoms with Crippen molar-refractivity contribution < 1.29 is 19.4 Å². The fourth-order valence-corrected chi connectivity index (χ4v) is 3.45. The van der Waals surface area contributed by atoms with Crippen LogP contribution in [0.15, 0.2) is 30.3 Å². The van der Waals surface area contributed by atoms with Crippen molar-refractivity contribution in [3.63, 3.8) is 0 Å². The fraction of sp³-hybridized carbons (Fsp3) is 0.619. The highest BCUT2D eigenvalue weighted by atomic mass is 16.5. The number of carbonyl (C=O) groups is 2. The number of rotatable bonds is 7. The first-order chi connectivity index (χ1) is 12.8. The molecule has 3 atom stereocenters. The molecule has 1 fully saturated rings. The van der Waals surface area contributed by atoms with E-state index in [1.165, 1.54) is 0 Å². The van der Waals surface area contributed by atoms with Crippen molar-refractivity contribution >= 4 is 12.0 Å². The number of aliphatic hydroxyl groups is 1. The van der Waals surface area contributed by atoms with E-state index < -0.39 is 18.2 Å². The van der Waals surface area contributed by atoms with Crippen molar-refractivity contribution in [1.82, 2.24) is 10.2 Å². The number of carbonyl (C=O) groups excluding carboxylic acids is 2. The summed E-state index contributed by atoms with van der Waals surface area (Å²) in [5.41, 5.74) is 0.889. The molecule has 1 aliphatic heterocycles. The molecule has 150 valence electrons. The Kier molecular flexibility index (Phi) is 7.66. The van der Waals surface area contributed by atoms with Crippen LogP contribution in [0.5, 0.6) is 0 Å². The maximum atomic E-state index is 13.1. The lowest BCUT2D eigenvalue weighted by atomic mass is 9.96. The standard InChI is InChI=1S/C21H32N2O4/c1-14(2)18(22-21(26)27-13-16-9-6-5-7-10-16)20(25)23-12-8-11-17(23)19(24)15(3)4/h5-7,9-10,14-15,17-19,24H,8,11-13H2,1-4H3,(H,22,26)/t17?,18-,19-/m0/s1. The third-order valence-corrected chi connectivity index (χ3v) is 5.08. The third kappa shape index (κ3) is 5.70. The minimum atomic E-state index is -0.673. The van der Waals surface area contributed by atoms with Crippen LogP contribution in [-0.4, -0.2) is 46.7 Å². The van der Waals surface area contributed by atoms with Crippen LogP contribution in [0.2, 0.25) is 0 Å². The Morgan fingerprint density at radius 1 is 1.19 bits per heavy atom. The number of amides is 2. The summed E-state index contributed by atoms with van der Waals surface area (Å²) in [5, 5.41) is 13.2. The Balaban J connectivity index is 1.98. The van der Waals surface area contributed by atoms with E-state index in [4.69, 9.17) is 4.74 Å². The van der Waals surface area contributed by atoms with Crippen LogP contribution in [0.25, 0.3) is 0 Å². The topological polar surface area (TPSA) is 78.9 Å². The van der Waals surface area contributed by atoms with Crippen LogP contribution >= 0.6 is 0 Å². The molecule has 1 heterocycles. The van der Waals surface area contributed by atoms with Gasteiger partial charge in [-0.3, -0.25) is 4.79 Å². The highest BCUT2D eigenvalue weighted by Crippen LogP contribution is 2.25. The van der Waals surface area contributed by atoms with Crippen molar-refractivity contribution in [3.8, 4) is 0 Å². The maximum Gasteiger partial charge on any atom is 0.408 e. The highest BCUT2D eigenvalue weighted by Gasteiger charge is 2.39. The van der Waals surface area contributed by atoms with Crippen molar-refractivity contribution in [2.45, 2.75) is 65.3 Å². The summed E-state index contributed by atoms with van der Waals surface area (Å²) in [4.78, 5) is 27.0. The summed E-state index contributed by atoms with van der Waals surface area (Å²) in [5.74, 6) is -0.159. The first-order valence-electron chi connectivity index (χ1n) is 9.77. The van der Waals surface area contributed by atoms with E-state index >= 15 is 0 Å². The first kappa shape index (κ1) is 21.2. The van der Waals surface area contributed by atoms with Gasteiger partial charge in [0.25, 0.3) is 0 Å². The molecule has 1 aromatic rings.